The quantitative estimate of drug-likeness (QED) is 0.931. The molecule has 0 aromatic heterocycles. The third-order valence-corrected chi connectivity index (χ3v) is 4.20. The van der Waals surface area contributed by atoms with Crippen LogP contribution in [0.4, 0.5) is 5.69 Å². The van der Waals surface area contributed by atoms with Gasteiger partial charge in [0.2, 0.25) is 0 Å². The molecule has 2 aromatic rings. The summed E-state index contributed by atoms with van der Waals surface area (Å²) in [6.07, 6.45) is 1.14. The van der Waals surface area contributed by atoms with Gasteiger partial charge in [-0.25, -0.2) is 4.79 Å². The topological polar surface area (TPSA) is 49.8 Å². The van der Waals surface area contributed by atoms with Crippen LogP contribution in [0.1, 0.15) is 34.8 Å². The predicted octanol–water partition coefficient (Wildman–Crippen LogP) is 3.87. The molecule has 0 spiro atoms. The Morgan fingerprint density at radius 2 is 2.00 bits per heavy atom. The maximum Gasteiger partial charge on any atom is 0.335 e. The average molecular weight is 311 g/mol. The van der Waals surface area contributed by atoms with Gasteiger partial charge < -0.3 is 14.7 Å². The minimum Gasteiger partial charge on any atom is -0.486 e. The highest BCUT2D eigenvalue weighted by Gasteiger charge is 2.24. The molecule has 0 fully saturated rings. The predicted molar refractivity (Wildman–Crippen MR) is 90.3 cm³/mol. The average Bonchev–Trinajstić information content (AvgIpc) is 2.55. The van der Waals surface area contributed by atoms with E-state index in [1.807, 2.05) is 18.2 Å². The Morgan fingerprint density at radius 1 is 1.26 bits per heavy atom. The number of nitrogens with zero attached hydrogens (tertiary/aromatic N) is 1. The number of hydrogen-bond acceptors (Lipinski definition) is 3. The molecule has 2 aromatic carbocycles. The normalized spacial score (nSPS) is 16.6. The van der Waals surface area contributed by atoms with E-state index in [-0.39, 0.29) is 6.10 Å². The van der Waals surface area contributed by atoms with Gasteiger partial charge in [0.15, 0.2) is 0 Å². The van der Waals surface area contributed by atoms with Crippen molar-refractivity contribution >= 4 is 11.7 Å². The fourth-order valence-corrected chi connectivity index (χ4v) is 2.87. The summed E-state index contributed by atoms with van der Waals surface area (Å²) in [5.41, 5.74) is 3.73. The number of aromatic carboxylic acids is 1. The van der Waals surface area contributed by atoms with Gasteiger partial charge in [0.1, 0.15) is 11.9 Å². The number of benzene rings is 2. The molecule has 1 atom stereocenters. The fourth-order valence-electron chi connectivity index (χ4n) is 2.87. The van der Waals surface area contributed by atoms with Crippen molar-refractivity contribution in [3.05, 3.63) is 59.2 Å². The van der Waals surface area contributed by atoms with Gasteiger partial charge in [-0.2, -0.15) is 0 Å². The number of ether oxygens (including phenoxy) is 1. The van der Waals surface area contributed by atoms with E-state index in [1.165, 1.54) is 5.56 Å². The van der Waals surface area contributed by atoms with E-state index < -0.39 is 5.97 Å². The zero-order valence-electron chi connectivity index (χ0n) is 13.5. The van der Waals surface area contributed by atoms with E-state index in [2.05, 4.69) is 30.9 Å². The molecule has 1 unspecified atom stereocenters. The summed E-state index contributed by atoms with van der Waals surface area (Å²) in [4.78, 5) is 13.3. The van der Waals surface area contributed by atoms with Crippen LogP contribution >= 0.6 is 0 Å². The van der Waals surface area contributed by atoms with Gasteiger partial charge in [-0.05, 0) is 48.7 Å². The number of carbonyl (C=O) groups is 1. The van der Waals surface area contributed by atoms with Gasteiger partial charge in [0.05, 0.1) is 17.8 Å². The van der Waals surface area contributed by atoms with E-state index in [0.717, 1.165) is 36.5 Å². The number of carboxylic acids is 1. The van der Waals surface area contributed by atoms with Gasteiger partial charge in [-0.1, -0.05) is 25.1 Å². The van der Waals surface area contributed by atoms with Crippen LogP contribution in [0.2, 0.25) is 0 Å². The monoisotopic (exact) mass is 311 g/mol. The van der Waals surface area contributed by atoms with Gasteiger partial charge in [-0.3, -0.25) is 0 Å². The summed E-state index contributed by atoms with van der Waals surface area (Å²) >= 11 is 0. The molecule has 4 nitrogen and oxygen atoms in total. The van der Waals surface area contributed by atoms with Crippen LogP contribution in [0.3, 0.4) is 0 Å². The lowest BCUT2D eigenvalue weighted by Gasteiger charge is -2.36. The first-order valence-electron chi connectivity index (χ1n) is 7.91. The molecule has 0 aliphatic carbocycles. The van der Waals surface area contributed by atoms with E-state index in [9.17, 15) is 4.79 Å². The van der Waals surface area contributed by atoms with Gasteiger partial charge in [-0.15, -0.1) is 0 Å². The molecule has 0 radical (unpaired) electrons. The van der Waals surface area contributed by atoms with Crippen molar-refractivity contribution < 1.29 is 14.6 Å². The van der Waals surface area contributed by atoms with Gasteiger partial charge in [0.25, 0.3) is 0 Å². The molecule has 120 valence electrons. The molecule has 0 saturated heterocycles. The van der Waals surface area contributed by atoms with Crippen molar-refractivity contribution in [1.82, 2.24) is 0 Å². The SMILES string of the molecule is CCC1CN(Cc2ccc(C(=O)O)cc2)c2cc(C)ccc2O1. The van der Waals surface area contributed by atoms with Crippen molar-refractivity contribution in [3.63, 3.8) is 0 Å². The minimum atomic E-state index is -0.894. The first kappa shape index (κ1) is 15.4. The molecule has 1 aliphatic rings. The number of rotatable bonds is 4. The smallest absolute Gasteiger partial charge is 0.335 e. The highest BCUT2D eigenvalue weighted by atomic mass is 16.5. The zero-order chi connectivity index (χ0) is 16.4. The van der Waals surface area contributed by atoms with Crippen LogP contribution in [0.15, 0.2) is 42.5 Å². The molecule has 1 aliphatic heterocycles. The Morgan fingerprint density at radius 3 is 2.65 bits per heavy atom. The van der Waals surface area contributed by atoms with Crippen molar-refractivity contribution in [2.24, 2.45) is 0 Å². The lowest BCUT2D eigenvalue weighted by molar-refractivity contribution is 0.0697. The van der Waals surface area contributed by atoms with E-state index in [4.69, 9.17) is 9.84 Å². The second-order valence-corrected chi connectivity index (χ2v) is 6.00. The number of carboxylic acid groups (broad SMARTS) is 1. The third kappa shape index (κ3) is 3.31. The molecule has 3 rings (SSSR count). The van der Waals surface area contributed by atoms with E-state index in [1.54, 1.807) is 12.1 Å². The van der Waals surface area contributed by atoms with E-state index >= 15 is 0 Å². The Kier molecular flexibility index (Phi) is 4.24. The summed E-state index contributed by atoms with van der Waals surface area (Å²) in [5.74, 6) is 0.0331. The minimum absolute atomic E-state index is 0.184. The molecule has 4 heteroatoms. The molecule has 0 amide bonds. The highest BCUT2D eigenvalue weighted by molar-refractivity contribution is 5.87. The number of hydrogen-bond donors (Lipinski definition) is 1. The molecule has 0 bridgehead atoms. The van der Waals surface area contributed by atoms with Crippen LogP contribution in [0.25, 0.3) is 0 Å². The van der Waals surface area contributed by atoms with Crippen molar-refractivity contribution in [1.29, 1.82) is 0 Å². The summed E-state index contributed by atoms with van der Waals surface area (Å²) in [6, 6.07) is 13.3. The van der Waals surface area contributed by atoms with Gasteiger partial charge >= 0.3 is 5.97 Å². The Bertz CT molecular complexity index is 709. The number of fused-ring (bicyclic) bond motifs is 1. The first-order valence-corrected chi connectivity index (χ1v) is 7.91. The molecule has 0 saturated carbocycles. The highest BCUT2D eigenvalue weighted by Crippen LogP contribution is 2.35. The van der Waals surface area contributed by atoms with Crippen molar-refractivity contribution in [2.75, 3.05) is 11.4 Å². The van der Waals surface area contributed by atoms with E-state index in [0.29, 0.717) is 5.56 Å². The first-order chi connectivity index (χ1) is 11.1. The second kappa shape index (κ2) is 6.32. The molecule has 23 heavy (non-hydrogen) atoms. The summed E-state index contributed by atoms with van der Waals surface area (Å²) < 4.78 is 6.04. The largest absolute Gasteiger partial charge is 0.486 e. The summed E-state index contributed by atoms with van der Waals surface area (Å²) in [5, 5.41) is 9.00. The fraction of sp³-hybridized carbons (Fsp3) is 0.316. The number of anilines is 1. The van der Waals surface area contributed by atoms with Crippen LogP contribution < -0.4 is 9.64 Å². The lowest BCUT2D eigenvalue weighted by Crippen LogP contribution is -2.39. The summed E-state index contributed by atoms with van der Waals surface area (Å²) in [6.45, 7) is 5.79. The van der Waals surface area contributed by atoms with Crippen LogP contribution in [0, 0.1) is 6.92 Å². The Balaban J connectivity index is 1.86. The maximum absolute atomic E-state index is 11.0. The standard InChI is InChI=1S/C19H21NO3/c1-3-16-12-20(17-10-13(2)4-9-18(17)23-16)11-14-5-7-15(8-6-14)19(21)22/h4-10,16H,3,11-12H2,1-2H3,(H,21,22). The number of aryl methyl sites for hydroxylation is 1. The maximum atomic E-state index is 11.0. The second-order valence-electron chi connectivity index (χ2n) is 6.00. The third-order valence-electron chi connectivity index (χ3n) is 4.20. The molecule has 1 N–H and O–H groups in total. The van der Waals surface area contributed by atoms with Crippen LogP contribution in [-0.2, 0) is 6.54 Å². The van der Waals surface area contributed by atoms with Gasteiger partial charge in [0, 0.05) is 6.54 Å². The molecular weight excluding hydrogens is 290 g/mol. The molecular formula is C19H21NO3. The van der Waals surface area contributed by atoms with Crippen molar-refractivity contribution in [2.45, 2.75) is 32.9 Å². The zero-order valence-corrected chi connectivity index (χ0v) is 13.5. The lowest BCUT2D eigenvalue weighted by atomic mass is 10.1. The Hall–Kier alpha value is -2.49. The Labute approximate surface area is 136 Å². The van der Waals surface area contributed by atoms with Crippen molar-refractivity contribution in [3.8, 4) is 5.75 Å². The van der Waals surface area contributed by atoms with Crippen LogP contribution in [-0.4, -0.2) is 23.7 Å². The summed E-state index contributed by atoms with van der Waals surface area (Å²) in [7, 11) is 0. The van der Waals surface area contributed by atoms with Crippen LogP contribution in [0.5, 0.6) is 5.75 Å². The molecule has 1 heterocycles.